The minimum Gasteiger partial charge on any atom is -0.481 e. The van der Waals surface area contributed by atoms with Gasteiger partial charge in [-0.2, -0.15) is 0 Å². The smallest absolute Gasteiger partial charge is 0.303 e. The first-order chi connectivity index (χ1) is 7.49. The molecule has 1 amide bonds. The fourth-order valence-electron chi connectivity index (χ4n) is 1.85. The van der Waals surface area contributed by atoms with E-state index in [2.05, 4.69) is 4.90 Å². The van der Waals surface area contributed by atoms with Gasteiger partial charge in [0.1, 0.15) is 0 Å². The molecule has 1 aliphatic heterocycles. The molecule has 1 aliphatic rings. The number of carboxylic acids is 1. The van der Waals surface area contributed by atoms with E-state index in [9.17, 15) is 9.59 Å². The first-order valence-electron chi connectivity index (χ1n) is 5.67. The number of amides is 1. The minimum atomic E-state index is -0.835. The van der Waals surface area contributed by atoms with Gasteiger partial charge in [-0.3, -0.25) is 9.59 Å². The van der Waals surface area contributed by atoms with Crippen LogP contribution in [0.4, 0.5) is 0 Å². The number of carboxylic acid groups (broad SMARTS) is 1. The summed E-state index contributed by atoms with van der Waals surface area (Å²) >= 11 is 0. The number of piperazine rings is 1. The summed E-state index contributed by atoms with van der Waals surface area (Å²) in [7, 11) is 2.04. The van der Waals surface area contributed by atoms with Gasteiger partial charge in [0.25, 0.3) is 0 Å². The van der Waals surface area contributed by atoms with Crippen molar-refractivity contribution in [3.8, 4) is 0 Å². The zero-order valence-electron chi connectivity index (χ0n) is 9.98. The molecule has 92 valence electrons. The number of nitrogens with zero attached hydrogens (tertiary/aromatic N) is 2. The van der Waals surface area contributed by atoms with Gasteiger partial charge in [0.05, 0.1) is 0 Å². The van der Waals surface area contributed by atoms with Gasteiger partial charge in [-0.05, 0) is 13.0 Å². The Balaban J connectivity index is 2.32. The van der Waals surface area contributed by atoms with E-state index >= 15 is 0 Å². The summed E-state index contributed by atoms with van der Waals surface area (Å²) < 4.78 is 0. The van der Waals surface area contributed by atoms with E-state index < -0.39 is 5.97 Å². The molecule has 1 saturated heterocycles. The number of carbonyl (C=O) groups excluding carboxylic acids is 1. The highest BCUT2D eigenvalue weighted by Gasteiger charge is 2.21. The Bertz CT molecular complexity index is 260. The van der Waals surface area contributed by atoms with E-state index in [1.54, 1.807) is 0 Å². The summed E-state index contributed by atoms with van der Waals surface area (Å²) in [6.07, 6.45) is 0.412. The number of rotatable bonds is 4. The number of hydrogen-bond acceptors (Lipinski definition) is 3. The Morgan fingerprint density at radius 1 is 1.19 bits per heavy atom. The molecular weight excluding hydrogens is 208 g/mol. The molecule has 0 aromatic heterocycles. The van der Waals surface area contributed by atoms with Crippen molar-refractivity contribution in [2.24, 2.45) is 5.92 Å². The topological polar surface area (TPSA) is 60.9 Å². The van der Waals surface area contributed by atoms with Crippen molar-refractivity contribution in [2.45, 2.75) is 19.8 Å². The normalized spacial score (nSPS) is 19.5. The third-order valence-electron chi connectivity index (χ3n) is 2.90. The highest BCUT2D eigenvalue weighted by molar-refractivity contribution is 5.77. The first-order valence-corrected chi connectivity index (χ1v) is 5.67. The Kier molecular flexibility index (Phi) is 4.73. The maximum Gasteiger partial charge on any atom is 0.303 e. The van der Waals surface area contributed by atoms with Crippen LogP contribution >= 0.6 is 0 Å². The Morgan fingerprint density at radius 3 is 2.25 bits per heavy atom. The van der Waals surface area contributed by atoms with E-state index in [4.69, 9.17) is 5.11 Å². The van der Waals surface area contributed by atoms with E-state index in [1.165, 1.54) is 0 Å². The molecule has 1 heterocycles. The Labute approximate surface area is 96.0 Å². The maximum absolute atomic E-state index is 11.8. The Hall–Kier alpha value is -1.10. The summed E-state index contributed by atoms with van der Waals surface area (Å²) in [4.78, 5) is 26.3. The van der Waals surface area contributed by atoms with E-state index in [0.29, 0.717) is 6.42 Å². The van der Waals surface area contributed by atoms with Crippen LogP contribution in [-0.2, 0) is 9.59 Å². The highest BCUT2D eigenvalue weighted by Crippen LogP contribution is 2.11. The van der Waals surface area contributed by atoms with Crippen LogP contribution in [0.3, 0.4) is 0 Å². The molecular formula is C11H20N2O3. The molecule has 0 bridgehead atoms. The molecule has 1 unspecified atom stereocenters. The zero-order valence-corrected chi connectivity index (χ0v) is 9.98. The van der Waals surface area contributed by atoms with Crippen molar-refractivity contribution in [2.75, 3.05) is 33.2 Å². The summed E-state index contributed by atoms with van der Waals surface area (Å²) in [6, 6.07) is 0. The number of likely N-dealkylation sites (N-methyl/N-ethyl adjacent to an activating group) is 1. The molecule has 16 heavy (non-hydrogen) atoms. The zero-order chi connectivity index (χ0) is 12.1. The van der Waals surface area contributed by atoms with Crippen molar-refractivity contribution >= 4 is 11.9 Å². The average Bonchev–Trinajstić information content (AvgIpc) is 2.16. The van der Waals surface area contributed by atoms with Crippen LogP contribution in [-0.4, -0.2) is 60.0 Å². The van der Waals surface area contributed by atoms with Crippen molar-refractivity contribution in [1.29, 1.82) is 0 Å². The molecule has 0 aliphatic carbocycles. The van der Waals surface area contributed by atoms with Crippen molar-refractivity contribution < 1.29 is 14.7 Å². The van der Waals surface area contributed by atoms with E-state index in [-0.39, 0.29) is 18.2 Å². The second-order valence-corrected chi connectivity index (χ2v) is 4.59. The van der Waals surface area contributed by atoms with Crippen LogP contribution in [0.15, 0.2) is 0 Å². The van der Waals surface area contributed by atoms with Crippen LogP contribution in [0.5, 0.6) is 0 Å². The average molecular weight is 228 g/mol. The molecule has 0 radical (unpaired) electrons. The van der Waals surface area contributed by atoms with Crippen LogP contribution in [0.2, 0.25) is 0 Å². The molecule has 0 aromatic carbocycles. The number of aliphatic carboxylic acids is 1. The molecule has 1 atom stereocenters. The van der Waals surface area contributed by atoms with Gasteiger partial charge in [-0.25, -0.2) is 0 Å². The predicted molar refractivity (Wildman–Crippen MR) is 60.1 cm³/mol. The van der Waals surface area contributed by atoms with Crippen molar-refractivity contribution in [1.82, 2.24) is 9.80 Å². The third-order valence-corrected chi connectivity index (χ3v) is 2.90. The van der Waals surface area contributed by atoms with Crippen molar-refractivity contribution in [3.63, 3.8) is 0 Å². The maximum atomic E-state index is 11.8. The van der Waals surface area contributed by atoms with Gasteiger partial charge in [0.15, 0.2) is 0 Å². The summed E-state index contributed by atoms with van der Waals surface area (Å²) in [5.41, 5.74) is 0. The molecule has 1 N–H and O–H groups in total. The summed E-state index contributed by atoms with van der Waals surface area (Å²) in [6.45, 7) is 5.13. The molecule has 1 fully saturated rings. The van der Waals surface area contributed by atoms with E-state index in [1.807, 2.05) is 18.9 Å². The van der Waals surface area contributed by atoms with Crippen LogP contribution in [0, 0.1) is 5.92 Å². The van der Waals surface area contributed by atoms with Gasteiger partial charge >= 0.3 is 5.97 Å². The van der Waals surface area contributed by atoms with Gasteiger partial charge in [0.2, 0.25) is 5.91 Å². The first kappa shape index (κ1) is 13.0. The second-order valence-electron chi connectivity index (χ2n) is 4.59. The lowest BCUT2D eigenvalue weighted by atomic mass is 10.0. The minimum absolute atomic E-state index is 0.0689. The lowest BCUT2D eigenvalue weighted by Crippen LogP contribution is -2.47. The van der Waals surface area contributed by atoms with Gasteiger partial charge in [-0.1, -0.05) is 6.92 Å². The van der Waals surface area contributed by atoms with Gasteiger partial charge in [-0.15, -0.1) is 0 Å². The number of hydrogen-bond donors (Lipinski definition) is 1. The molecule has 5 heteroatoms. The number of carbonyl (C=O) groups is 2. The molecule has 0 aromatic rings. The van der Waals surface area contributed by atoms with Crippen molar-refractivity contribution in [3.05, 3.63) is 0 Å². The highest BCUT2D eigenvalue weighted by atomic mass is 16.4. The Morgan fingerprint density at radius 2 is 1.75 bits per heavy atom. The molecule has 5 nitrogen and oxygen atoms in total. The van der Waals surface area contributed by atoms with E-state index in [0.717, 1.165) is 26.2 Å². The van der Waals surface area contributed by atoms with Crippen LogP contribution in [0.25, 0.3) is 0 Å². The summed E-state index contributed by atoms with van der Waals surface area (Å²) in [5, 5.41) is 8.61. The molecule has 0 saturated carbocycles. The monoisotopic (exact) mass is 228 g/mol. The van der Waals surface area contributed by atoms with Crippen LogP contribution < -0.4 is 0 Å². The largest absolute Gasteiger partial charge is 0.481 e. The summed E-state index contributed by atoms with van der Waals surface area (Å²) in [5.74, 6) is -0.829. The SMILES string of the molecule is CC(CC(=O)O)CC(=O)N1CCN(C)CC1. The lowest BCUT2D eigenvalue weighted by molar-refractivity contribution is -0.138. The predicted octanol–water partition coefficient (Wildman–Crippen LogP) is 0.261. The lowest BCUT2D eigenvalue weighted by Gasteiger charge is -2.33. The fourth-order valence-corrected chi connectivity index (χ4v) is 1.85. The third kappa shape index (κ3) is 4.18. The van der Waals surface area contributed by atoms with Gasteiger partial charge in [0, 0.05) is 39.0 Å². The second kappa shape index (κ2) is 5.84. The molecule has 0 spiro atoms. The van der Waals surface area contributed by atoms with Crippen LogP contribution in [0.1, 0.15) is 19.8 Å². The fraction of sp³-hybridized carbons (Fsp3) is 0.818. The molecule has 1 rings (SSSR count). The quantitative estimate of drug-likeness (QED) is 0.750. The van der Waals surface area contributed by atoms with Gasteiger partial charge < -0.3 is 14.9 Å². The standard InChI is InChI=1S/C11H20N2O3/c1-9(8-11(15)16)7-10(14)13-5-3-12(2)4-6-13/h9H,3-8H2,1-2H3,(H,15,16).